The third kappa shape index (κ3) is 2.96. The van der Waals surface area contributed by atoms with E-state index in [-0.39, 0.29) is 11.4 Å². The lowest BCUT2D eigenvalue weighted by Crippen LogP contribution is -2.34. The summed E-state index contributed by atoms with van der Waals surface area (Å²) in [6.07, 6.45) is 4.06. The highest BCUT2D eigenvalue weighted by Gasteiger charge is 2.27. The number of fused-ring (bicyclic) bond motifs is 1. The van der Waals surface area contributed by atoms with E-state index in [0.717, 1.165) is 25.3 Å². The fourth-order valence-corrected chi connectivity index (χ4v) is 6.48. The zero-order valence-electron chi connectivity index (χ0n) is 15.4. The average molecular weight is 421 g/mol. The fourth-order valence-electron chi connectivity index (χ4n) is 3.08. The molecule has 0 saturated carbocycles. The molecule has 0 atom stereocenters. The molecule has 1 aliphatic rings. The van der Waals surface area contributed by atoms with Gasteiger partial charge in [-0.15, -0.1) is 11.3 Å². The van der Waals surface area contributed by atoms with Crippen molar-refractivity contribution < 1.29 is 8.96 Å². The molecule has 1 aromatic carbocycles. The van der Waals surface area contributed by atoms with Crippen LogP contribution in [-0.2, 0) is 13.6 Å². The van der Waals surface area contributed by atoms with Gasteiger partial charge >= 0.3 is 0 Å². The summed E-state index contributed by atoms with van der Waals surface area (Å²) in [5, 5.41) is 3.98. The molecule has 0 radical (unpaired) electrons. The maximum Gasteiger partial charge on any atom is 0.271 e. The minimum atomic E-state index is -0.215. The second-order valence-electron chi connectivity index (χ2n) is 6.30. The lowest BCUT2D eigenvalue weighted by molar-refractivity contribution is -0.668. The van der Waals surface area contributed by atoms with E-state index in [0.29, 0.717) is 16.6 Å². The molecule has 0 spiro atoms. The Bertz CT molecular complexity index is 1220. The molecular weight excluding hydrogens is 401 g/mol. The minimum absolute atomic E-state index is 0.00763. The quantitative estimate of drug-likeness (QED) is 0.596. The minimum Gasteiger partial charge on any atom is -0.337 e. The maximum atomic E-state index is 14.0. The summed E-state index contributed by atoms with van der Waals surface area (Å²) in [6, 6.07) is 3.27. The van der Waals surface area contributed by atoms with Crippen molar-refractivity contribution in [3.8, 4) is 0 Å². The van der Waals surface area contributed by atoms with Gasteiger partial charge in [-0.25, -0.2) is 4.39 Å². The van der Waals surface area contributed by atoms with E-state index in [1.807, 2.05) is 42.1 Å². The van der Waals surface area contributed by atoms with E-state index in [2.05, 4.69) is 6.08 Å². The Hall–Kier alpha value is -1.90. The summed E-state index contributed by atoms with van der Waals surface area (Å²) >= 11 is 4.61. The summed E-state index contributed by atoms with van der Waals surface area (Å²) in [4.78, 5) is 16.0. The maximum absolute atomic E-state index is 14.0. The largest absolute Gasteiger partial charge is 0.337 e. The standard InChI is InChI=1S/C19H19FN3OS3/c1-5-23-15(10-14-21(3)8-9-25-14)26-17(18(23)24)19-22(4)13-7-6-12(20)11(2)16(13)27-19/h6-10H,5H2,1-4H3/q+1/b19-17+. The smallest absolute Gasteiger partial charge is 0.271 e. The number of hydrogen-bond donors (Lipinski definition) is 0. The topological polar surface area (TPSA) is 29.1 Å². The number of benzene rings is 1. The van der Waals surface area contributed by atoms with Crippen LogP contribution in [0.3, 0.4) is 0 Å². The molecule has 0 fully saturated rings. The van der Waals surface area contributed by atoms with Crippen LogP contribution >= 0.6 is 34.4 Å². The van der Waals surface area contributed by atoms with Crippen LogP contribution in [0.15, 0.2) is 33.4 Å². The summed E-state index contributed by atoms with van der Waals surface area (Å²) in [7, 11) is 3.93. The van der Waals surface area contributed by atoms with Gasteiger partial charge in [-0.3, -0.25) is 9.36 Å². The lowest BCUT2D eigenvalue weighted by Gasteiger charge is -2.12. The molecule has 0 bridgehead atoms. The Labute approximate surface area is 168 Å². The van der Waals surface area contributed by atoms with Crippen molar-refractivity contribution in [3.05, 3.63) is 59.6 Å². The van der Waals surface area contributed by atoms with Crippen LogP contribution < -0.4 is 24.2 Å². The molecule has 27 heavy (non-hydrogen) atoms. The molecular formula is C19H19FN3OS3+. The van der Waals surface area contributed by atoms with Gasteiger partial charge in [0.15, 0.2) is 6.20 Å². The zero-order chi connectivity index (χ0) is 19.3. The SMILES string of the molecule is CCn1c(=O)/c(=C2\Sc3c(ccc(F)c3C)N2C)s/c1=C\c1scc[n+]1C. The normalized spacial score (nSPS) is 16.3. The first kappa shape index (κ1) is 18.5. The number of thioether (sulfide) groups is 1. The summed E-state index contributed by atoms with van der Waals surface area (Å²) in [5.41, 5.74) is 1.58. The van der Waals surface area contributed by atoms with Gasteiger partial charge in [0.2, 0.25) is 0 Å². The highest BCUT2D eigenvalue weighted by atomic mass is 32.2. The average Bonchev–Trinajstić information content (AvgIpc) is 3.29. The predicted molar refractivity (Wildman–Crippen MR) is 111 cm³/mol. The van der Waals surface area contributed by atoms with Crippen LogP contribution in [0.4, 0.5) is 10.1 Å². The van der Waals surface area contributed by atoms with E-state index in [4.69, 9.17) is 0 Å². The number of nitrogens with zero attached hydrogens (tertiary/aromatic N) is 3. The van der Waals surface area contributed by atoms with Gasteiger partial charge in [-0.05, 0) is 26.0 Å². The Balaban J connectivity index is 1.96. The molecule has 0 aliphatic carbocycles. The Morgan fingerprint density at radius 2 is 2.11 bits per heavy atom. The zero-order valence-corrected chi connectivity index (χ0v) is 17.9. The number of anilines is 1. The van der Waals surface area contributed by atoms with Crippen molar-refractivity contribution in [1.82, 2.24) is 4.57 Å². The van der Waals surface area contributed by atoms with Crippen molar-refractivity contribution in [1.29, 1.82) is 0 Å². The Morgan fingerprint density at radius 1 is 1.33 bits per heavy atom. The lowest BCUT2D eigenvalue weighted by atomic mass is 10.2. The second kappa shape index (κ2) is 6.92. The number of hydrogen-bond acceptors (Lipinski definition) is 5. The number of rotatable bonds is 2. The molecule has 0 saturated heterocycles. The van der Waals surface area contributed by atoms with Gasteiger partial charge < -0.3 is 4.90 Å². The monoisotopic (exact) mass is 420 g/mol. The highest BCUT2D eigenvalue weighted by Crippen LogP contribution is 2.47. The summed E-state index contributed by atoms with van der Waals surface area (Å²) in [6.45, 7) is 4.37. The molecule has 0 N–H and O–H groups in total. The first-order valence-electron chi connectivity index (χ1n) is 8.51. The number of halogens is 1. The molecule has 4 nitrogen and oxygen atoms in total. The third-order valence-electron chi connectivity index (χ3n) is 4.67. The van der Waals surface area contributed by atoms with E-state index in [1.54, 1.807) is 28.9 Å². The number of aromatic nitrogens is 2. The van der Waals surface area contributed by atoms with Gasteiger partial charge in [0, 0.05) is 24.1 Å². The first-order chi connectivity index (χ1) is 12.9. The summed E-state index contributed by atoms with van der Waals surface area (Å²) in [5.74, 6) is -0.215. The van der Waals surface area contributed by atoms with Crippen molar-refractivity contribution in [3.63, 3.8) is 0 Å². The molecule has 0 unspecified atom stereocenters. The van der Waals surface area contributed by atoms with Crippen LogP contribution in [0.25, 0.3) is 11.1 Å². The Morgan fingerprint density at radius 3 is 2.78 bits per heavy atom. The highest BCUT2D eigenvalue weighted by molar-refractivity contribution is 8.08. The molecule has 3 heterocycles. The Kier molecular flexibility index (Phi) is 4.73. The van der Waals surface area contributed by atoms with E-state index >= 15 is 0 Å². The van der Waals surface area contributed by atoms with Gasteiger partial charge in [0.25, 0.3) is 10.6 Å². The molecule has 3 aromatic rings. The first-order valence-corrected chi connectivity index (χ1v) is 11.0. The van der Waals surface area contributed by atoms with Gasteiger partial charge in [0.05, 0.1) is 17.1 Å². The van der Waals surface area contributed by atoms with E-state index in [1.165, 1.54) is 29.2 Å². The van der Waals surface area contributed by atoms with Gasteiger partial charge in [-0.2, -0.15) is 4.57 Å². The van der Waals surface area contributed by atoms with Crippen molar-refractivity contribution in [2.75, 3.05) is 11.9 Å². The fraction of sp³-hybridized carbons (Fsp3) is 0.263. The van der Waals surface area contributed by atoms with Crippen LogP contribution in [0.2, 0.25) is 0 Å². The second-order valence-corrected chi connectivity index (χ2v) is 9.26. The van der Waals surface area contributed by atoms with Gasteiger partial charge in [0.1, 0.15) is 27.1 Å². The van der Waals surface area contributed by atoms with Crippen molar-refractivity contribution in [2.24, 2.45) is 7.05 Å². The molecule has 0 amide bonds. The summed E-state index contributed by atoms with van der Waals surface area (Å²) < 4.78 is 19.4. The van der Waals surface area contributed by atoms with Crippen LogP contribution in [0.1, 0.15) is 17.5 Å². The molecule has 140 valence electrons. The van der Waals surface area contributed by atoms with Crippen LogP contribution in [-0.4, -0.2) is 11.6 Å². The molecule has 4 rings (SSSR count). The number of aryl methyl sites for hydroxylation is 1. The van der Waals surface area contributed by atoms with Crippen molar-refractivity contribution >= 4 is 51.2 Å². The van der Waals surface area contributed by atoms with Crippen LogP contribution in [0, 0.1) is 12.7 Å². The molecule has 1 aliphatic heterocycles. The molecule has 8 heteroatoms. The van der Waals surface area contributed by atoms with E-state index < -0.39 is 0 Å². The third-order valence-corrected chi connectivity index (χ3v) is 8.22. The van der Waals surface area contributed by atoms with Crippen molar-refractivity contribution in [2.45, 2.75) is 25.3 Å². The van der Waals surface area contributed by atoms with Crippen LogP contribution in [0.5, 0.6) is 0 Å². The number of thiazole rings is 2. The molecule has 2 aromatic heterocycles. The predicted octanol–water partition coefficient (Wildman–Crippen LogP) is 2.40. The van der Waals surface area contributed by atoms with Gasteiger partial charge in [-0.1, -0.05) is 23.1 Å². The van der Waals surface area contributed by atoms with E-state index in [9.17, 15) is 9.18 Å².